The van der Waals surface area contributed by atoms with Crippen LogP contribution in [0.25, 0.3) is 6.08 Å². The zero-order valence-corrected chi connectivity index (χ0v) is 34.1. The van der Waals surface area contributed by atoms with Gasteiger partial charge in [-0.25, -0.2) is 4.79 Å². The third kappa shape index (κ3) is 9.80. The molecule has 2 unspecified atom stereocenters. The van der Waals surface area contributed by atoms with E-state index in [2.05, 4.69) is 44.0 Å². The van der Waals surface area contributed by atoms with Crippen molar-refractivity contribution in [1.29, 1.82) is 0 Å². The number of thiophene rings is 1. The maximum Gasteiger partial charge on any atom is 0.341 e. The molecule has 6 aromatic rings. The molecule has 5 aromatic carbocycles. The molecule has 3 amide bonds. The number of esters is 1. The van der Waals surface area contributed by atoms with E-state index in [-0.39, 0.29) is 11.6 Å². The van der Waals surface area contributed by atoms with Crippen LogP contribution in [0.2, 0.25) is 0 Å². The van der Waals surface area contributed by atoms with Crippen molar-refractivity contribution in [3.8, 4) is 0 Å². The highest BCUT2D eigenvalue weighted by Crippen LogP contribution is 2.44. The lowest BCUT2D eigenvalue weighted by atomic mass is 9.83. The highest BCUT2D eigenvalue weighted by atomic mass is 79.9. The Kier molecular flexibility index (Phi) is 12.8. The van der Waals surface area contributed by atoms with Crippen molar-refractivity contribution in [3.63, 3.8) is 0 Å². The van der Waals surface area contributed by atoms with E-state index in [1.807, 2.05) is 84.9 Å². The summed E-state index contributed by atoms with van der Waals surface area (Å²) in [5.41, 5.74) is 5.04. The topological polar surface area (TPSA) is 114 Å². The molecule has 0 saturated carbocycles. The standard InChI is InChI=1S/C46H38BrN3O5S2/c1-55-46(54)40-37-25-22-33(30-12-5-2-6-13-30)27-39(37)57-45(40)50-44(53)41(31-14-7-3-8-15-31)56-36-19-11-18-35(28-36)48-43(52)38(26-29-20-23-34(47)24-21-29)49-42(51)32-16-9-4-10-17-32/h2-21,23-24,26,28,33,41H,22,25,27H2,1H3,(H,48,52)(H,49,51)(H,50,53)/b38-26-. The van der Waals surface area contributed by atoms with Crippen LogP contribution in [0.1, 0.15) is 65.4 Å². The summed E-state index contributed by atoms with van der Waals surface area (Å²) >= 11 is 6.20. The van der Waals surface area contributed by atoms with Gasteiger partial charge in [0, 0.05) is 25.5 Å². The van der Waals surface area contributed by atoms with Crippen LogP contribution in [0.15, 0.2) is 155 Å². The lowest BCUT2D eigenvalue weighted by Gasteiger charge is -2.22. The Morgan fingerprint density at radius 1 is 0.825 bits per heavy atom. The van der Waals surface area contributed by atoms with Crippen molar-refractivity contribution in [2.75, 3.05) is 17.7 Å². The molecule has 57 heavy (non-hydrogen) atoms. The first kappa shape index (κ1) is 39.5. The predicted octanol–water partition coefficient (Wildman–Crippen LogP) is 10.5. The number of ether oxygens (including phenoxy) is 1. The van der Waals surface area contributed by atoms with Gasteiger partial charge in [0.1, 0.15) is 15.9 Å². The van der Waals surface area contributed by atoms with Gasteiger partial charge in [-0.05, 0) is 96.0 Å². The summed E-state index contributed by atoms with van der Waals surface area (Å²) in [6.07, 6.45) is 3.98. The van der Waals surface area contributed by atoms with Crippen molar-refractivity contribution in [2.24, 2.45) is 0 Å². The van der Waals surface area contributed by atoms with Gasteiger partial charge in [-0.3, -0.25) is 14.4 Å². The largest absolute Gasteiger partial charge is 0.465 e. The number of nitrogens with one attached hydrogen (secondary N) is 3. The number of carbonyl (C=O) groups excluding carboxylic acids is 4. The fraction of sp³-hybridized carbons (Fsp3) is 0.130. The van der Waals surface area contributed by atoms with Crippen LogP contribution < -0.4 is 16.0 Å². The van der Waals surface area contributed by atoms with E-state index in [0.717, 1.165) is 38.9 Å². The SMILES string of the molecule is COC(=O)c1c(NC(=O)C(Sc2cccc(NC(=O)/C(=C/c3ccc(Br)cc3)NC(=O)c3ccccc3)c2)c2ccccc2)sc2c1CCC(c1ccccc1)C2. The molecule has 1 aliphatic carbocycles. The zero-order chi connectivity index (χ0) is 39.7. The van der Waals surface area contributed by atoms with Crippen LogP contribution >= 0.6 is 39.0 Å². The first-order valence-electron chi connectivity index (χ1n) is 18.3. The Balaban J connectivity index is 1.13. The molecule has 2 atom stereocenters. The molecule has 7 rings (SSSR count). The normalized spacial score (nSPS) is 14.1. The minimum Gasteiger partial charge on any atom is -0.465 e. The van der Waals surface area contributed by atoms with Gasteiger partial charge in [-0.2, -0.15) is 0 Å². The molecule has 286 valence electrons. The van der Waals surface area contributed by atoms with Crippen molar-refractivity contribution < 1.29 is 23.9 Å². The first-order valence-corrected chi connectivity index (χ1v) is 20.8. The van der Waals surface area contributed by atoms with Crippen LogP contribution in [0.5, 0.6) is 0 Å². The first-order chi connectivity index (χ1) is 27.7. The molecule has 0 bridgehead atoms. The van der Waals surface area contributed by atoms with Crippen LogP contribution in [-0.2, 0) is 27.2 Å². The number of hydrogen-bond acceptors (Lipinski definition) is 7. The molecule has 8 nitrogen and oxygen atoms in total. The molecule has 1 aromatic heterocycles. The number of thioether (sulfide) groups is 1. The molecular weight excluding hydrogens is 819 g/mol. The van der Waals surface area contributed by atoms with Crippen LogP contribution in [0.3, 0.4) is 0 Å². The van der Waals surface area contributed by atoms with Gasteiger partial charge in [0.25, 0.3) is 11.8 Å². The Labute approximate surface area is 347 Å². The second-order valence-corrected chi connectivity index (χ2v) is 16.6. The van der Waals surface area contributed by atoms with Crippen LogP contribution in [0.4, 0.5) is 10.7 Å². The lowest BCUT2D eigenvalue weighted by Crippen LogP contribution is -2.30. The quantitative estimate of drug-likeness (QED) is 0.0642. The summed E-state index contributed by atoms with van der Waals surface area (Å²) in [5.74, 6) is -1.39. The minimum atomic E-state index is -0.711. The number of anilines is 2. The molecule has 1 aliphatic rings. The van der Waals surface area contributed by atoms with Gasteiger partial charge in [-0.1, -0.05) is 113 Å². The Bertz CT molecular complexity index is 2420. The Morgan fingerprint density at radius 2 is 1.51 bits per heavy atom. The number of hydrogen-bond donors (Lipinski definition) is 3. The number of benzene rings is 5. The number of fused-ring (bicyclic) bond motifs is 1. The lowest BCUT2D eigenvalue weighted by molar-refractivity contribution is -0.116. The zero-order valence-electron chi connectivity index (χ0n) is 30.9. The number of rotatable bonds is 12. The molecular formula is C46H38BrN3O5S2. The summed E-state index contributed by atoms with van der Waals surface area (Å²) in [7, 11) is 1.36. The molecule has 11 heteroatoms. The summed E-state index contributed by atoms with van der Waals surface area (Å²) in [5, 5.41) is 8.59. The molecule has 0 aliphatic heterocycles. The predicted molar refractivity (Wildman–Crippen MR) is 232 cm³/mol. The third-order valence-corrected chi connectivity index (χ3v) is 12.5. The van der Waals surface area contributed by atoms with Crippen molar-refractivity contribution in [1.82, 2.24) is 5.32 Å². The summed E-state index contributed by atoms with van der Waals surface area (Å²) in [4.78, 5) is 56.3. The number of methoxy groups -OCH3 is 1. The van der Waals surface area contributed by atoms with E-state index in [4.69, 9.17) is 4.74 Å². The highest BCUT2D eigenvalue weighted by Gasteiger charge is 2.32. The molecule has 0 fully saturated rings. The number of halogens is 1. The Morgan fingerprint density at radius 3 is 2.21 bits per heavy atom. The summed E-state index contributed by atoms with van der Waals surface area (Å²) < 4.78 is 6.11. The van der Waals surface area contributed by atoms with Gasteiger partial charge in [0.05, 0.1) is 12.7 Å². The number of amides is 3. The van der Waals surface area contributed by atoms with E-state index in [9.17, 15) is 19.2 Å². The van der Waals surface area contributed by atoms with E-state index >= 15 is 0 Å². The second-order valence-electron chi connectivity index (χ2n) is 13.4. The monoisotopic (exact) mass is 855 g/mol. The minimum absolute atomic E-state index is 0.0564. The van der Waals surface area contributed by atoms with Crippen molar-refractivity contribution in [3.05, 3.63) is 188 Å². The van der Waals surface area contributed by atoms with Gasteiger partial charge in [0.2, 0.25) is 5.91 Å². The fourth-order valence-corrected chi connectivity index (χ4v) is 9.40. The van der Waals surface area contributed by atoms with E-state index in [1.54, 1.807) is 48.5 Å². The van der Waals surface area contributed by atoms with Crippen molar-refractivity contribution in [2.45, 2.75) is 35.3 Å². The maximum atomic E-state index is 14.3. The molecule has 1 heterocycles. The van der Waals surface area contributed by atoms with E-state index in [0.29, 0.717) is 39.0 Å². The number of carbonyl (C=O) groups is 4. The average molecular weight is 857 g/mol. The van der Waals surface area contributed by atoms with Gasteiger partial charge < -0.3 is 20.7 Å². The highest BCUT2D eigenvalue weighted by molar-refractivity contribution is 9.10. The Hall–Kier alpha value is -5.75. The second kappa shape index (κ2) is 18.5. The molecule has 0 radical (unpaired) electrons. The average Bonchev–Trinajstić information content (AvgIpc) is 3.61. The van der Waals surface area contributed by atoms with E-state index in [1.165, 1.54) is 35.8 Å². The molecule has 0 spiro atoms. The van der Waals surface area contributed by atoms with Gasteiger partial charge in [0.15, 0.2) is 0 Å². The van der Waals surface area contributed by atoms with E-state index < -0.39 is 23.0 Å². The third-order valence-electron chi connectivity index (χ3n) is 9.56. The maximum absolute atomic E-state index is 14.3. The van der Waals surface area contributed by atoms with Crippen LogP contribution in [-0.4, -0.2) is 30.8 Å². The van der Waals surface area contributed by atoms with Crippen LogP contribution in [0, 0.1) is 0 Å². The van der Waals surface area contributed by atoms with Crippen molar-refractivity contribution >= 4 is 79.5 Å². The van der Waals surface area contributed by atoms with Gasteiger partial charge in [-0.15, -0.1) is 23.1 Å². The fourth-order valence-electron chi connectivity index (χ4n) is 6.73. The summed E-state index contributed by atoms with van der Waals surface area (Å²) in [6, 6.07) is 43.0. The van der Waals surface area contributed by atoms with Gasteiger partial charge >= 0.3 is 5.97 Å². The smallest absolute Gasteiger partial charge is 0.341 e. The molecule has 0 saturated heterocycles. The summed E-state index contributed by atoms with van der Waals surface area (Å²) in [6.45, 7) is 0. The molecule has 3 N–H and O–H groups in total.